The summed E-state index contributed by atoms with van der Waals surface area (Å²) in [4.78, 5) is 2.42. The van der Waals surface area contributed by atoms with Gasteiger partial charge in [0.05, 0.1) is 6.61 Å². The van der Waals surface area contributed by atoms with Gasteiger partial charge >= 0.3 is 0 Å². The molecular weight excluding hydrogens is 260 g/mol. The predicted octanol–water partition coefficient (Wildman–Crippen LogP) is 3.86. The molecule has 3 nitrogen and oxygen atoms in total. The predicted molar refractivity (Wildman–Crippen MR) is 91.1 cm³/mol. The van der Waals surface area contributed by atoms with Crippen molar-refractivity contribution in [3.8, 4) is 5.75 Å². The Balaban J connectivity index is 2.50. The Kier molecular flexibility index (Phi) is 9.11. The number of likely N-dealkylation sites (N-methyl/N-ethyl adjacent to an activating group) is 2. The lowest BCUT2D eigenvalue weighted by molar-refractivity contribution is 0.290. The summed E-state index contributed by atoms with van der Waals surface area (Å²) in [6.07, 6.45) is 4.93. The lowest BCUT2D eigenvalue weighted by Crippen LogP contribution is -2.31. The largest absolute Gasteiger partial charge is 0.494 e. The Bertz CT molecular complexity index is 364. The second kappa shape index (κ2) is 10.6. The van der Waals surface area contributed by atoms with Gasteiger partial charge in [0.15, 0.2) is 0 Å². The zero-order valence-electron chi connectivity index (χ0n) is 14.2. The molecule has 21 heavy (non-hydrogen) atoms. The van der Waals surface area contributed by atoms with E-state index in [2.05, 4.69) is 55.4 Å². The van der Waals surface area contributed by atoms with Crippen LogP contribution in [0.15, 0.2) is 24.3 Å². The Hall–Kier alpha value is -1.06. The number of benzene rings is 1. The van der Waals surface area contributed by atoms with Gasteiger partial charge in [-0.15, -0.1) is 0 Å². The van der Waals surface area contributed by atoms with E-state index >= 15 is 0 Å². The van der Waals surface area contributed by atoms with Crippen LogP contribution < -0.4 is 10.1 Å². The van der Waals surface area contributed by atoms with Crippen molar-refractivity contribution in [2.24, 2.45) is 0 Å². The highest BCUT2D eigenvalue weighted by molar-refractivity contribution is 5.29. The number of hydrogen-bond donors (Lipinski definition) is 1. The fourth-order valence-electron chi connectivity index (χ4n) is 2.41. The molecule has 1 unspecified atom stereocenters. The SMILES string of the molecule is CCCCCN(C)CC(NC)c1ccc(OCCC)cc1. The van der Waals surface area contributed by atoms with Crippen LogP contribution in [-0.2, 0) is 0 Å². The van der Waals surface area contributed by atoms with Gasteiger partial charge in [-0.2, -0.15) is 0 Å². The molecule has 0 bridgehead atoms. The molecular formula is C18H32N2O. The minimum absolute atomic E-state index is 0.372. The van der Waals surface area contributed by atoms with Crippen LogP contribution >= 0.6 is 0 Å². The summed E-state index contributed by atoms with van der Waals surface area (Å²) in [5.41, 5.74) is 1.32. The number of nitrogens with zero attached hydrogens (tertiary/aromatic N) is 1. The van der Waals surface area contributed by atoms with Gasteiger partial charge in [-0.3, -0.25) is 0 Å². The molecule has 1 atom stereocenters. The molecule has 0 amide bonds. The normalized spacial score (nSPS) is 12.6. The van der Waals surface area contributed by atoms with Crippen LogP contribution in [0, 0.1) is 0 Å². The first-order valence-corrected chi connectivity index (χ1v) is 8.29. The minimum Gasteiger partial charge on any atom is -0.494 e. The minimum atomic E-state index is 0.372. The molecule has 0 aliphatic carbocycles. The smallest absolute Gasteiger partial charge is 0.119 e. The third-order valence-corrected chi connectivity index (χ3v) is 3.74. The van der Waals surface area contributed by atoms with E-state index in [1.165, 1.54) is 31.4 Å². The van der Waals surface area contributed by atoms with Gasteiger partial charge in [-0.05, 0) is 51.2 Å². The summed E-state index contributed by atoms with van der Waals surface area (Å²) >= 11 is 0. The van der Waals surface area contributed by atoms with Crippen LogP contribution in [0.5, 0.6) is 5.75 Å². The highest BCUT2D eigenvalue weighted by Crippen LogP contribution is 2.18. The molecule has 1 aromatic rings. The first kappa shape index (κ1) is 18.0. The van der Waals surface area contributed by atoms with Gasteiger partial charge in [0.25, 0.3) is 0 Å². The summed E-state index contributed by atoms with van der Waals surface area (Å²) in [5, 5.41) is 3.42. The van der Waals surface area contributed by atoms with Gasteiger partial charge in [0.1, 0.15) is 5.75 Å². The third kappa shape index (κ3) is 6.96. The van der Waals surface area contributed by atoms with Gasteiger partial charge < -0.3 is 15.0 Å². The summed E-state index contributed by atoms with van der Waals surface area (Å²) in [7, 11) is 4.24. The van der Waals surface area contributed by atoms with E-state index in [-0.39, 0.29) is 0 Å². The first-order valence-electron chi connectivity index (χ1n) is 8.29. The number of ether oxygens (including phenoxy) is 1. The topological polar surface area (TPSA) is 24.5 Å². The van der Waals surface area contributed by atoms with Gasteiger partial charge in [0, 0.05) is 12.6 Å². The van der Waals surface area contributed by atoms with Crippen LogP contribution in [0.3, 0.4) is 0 Å². The zero-order chi connectivity index (χ0) is 15.5. The van der Waals surface area contributed by atoms with Crippen molar-refractivity contribution in [1.29, 1.82) is 0 Å². The maximum Gasteiger partial charge on any atom is 0.119 e. The monoisotopic (exact) mass is 292 g/mol. The van der Waals surface area contributed by atoms with Gasteiger partial charge in [-0.25, -0.2) is 0 Å². The maximum atomic E-state index is 5.64. The highest BCUT2D eigenvalue weighted by Gasteiger charge is 2.12. The summed E-state index contributed by atoms with van der Waals surface area (Å²) in [6.45, 7) is 7.37. The van der Waals surface area contributed by atoms with Crippen LogP contribution in [0.2, 0.25) is 0 Å². The van der Waals surface area contributed by atoms with E-state index in [1.54, 1.807) is 0 Å². The van der Waals surface area contributed by atoms with Crippen molar-refractivity contribution in [3.63, 3.8) is 0 Å². The zero-order valence-corrected chi connectivity index (χ0v) is 14.2. The van der Waals surface area contributed by atoms with Crippen LogP contribution in [0.4, 0.5) is 0 Å². The maximum absolute atomic E-state index is 5.64. The Labute approximate surface area is 130 Å². The molecule has 0 fully saturated rings. The van der Waals surface area contributed by atoms with E-state index in [0.29, 0.717) is 6.04 Å². The molecule has 0 heterocycles. The molecule has 0 aliphatic heterocycles. The lowest BCUT2D eigenvalue weighted by Gasteiger charge is -2.24. The average Bonchev–Trinajstić information content (AvgIpc) is 2.51. The van der Waals surface area contributed by atoms with Crippen LogP contribution in [0.1, 0.15) is 51.1 Å². The van der Waals surface area contributed by atoms with Crippen LogP contribution in [0.25, 0.3) is 0 Å². The highest BCUT2D eigenvalue weighted by atomic mass is 16.5. The summed E-state index contributed by atoms with van der Waals surface area (Å²) in [6, 6.07) is 8.87. The average molecular weight is 292 g/mol. The van der Waals surface area contributed by atoms with E-state index in [0.717, 1.165) is 25.3 Å². The molecule has 120 valence electrons. The van der Waals surface area contributed by atoms with E-state index in [4.69, 9.17) is 4.74 Å². The van der Waals surface area contributed by atoms with E-state index < -0.39 is 0 Å². The van der Waals surface area contributed by atoms with Crippen molar-refractivity contribution < 1.29 is 4.74 Å². The second-order valence-electron chi connectivity index (χ2n) is 5.73. The number of unbranched alkanes of at least 4 members (excludes halogenated alkanes) is 2. The van der Waals surface area contributed by atoms with E-state index in [9.17, 15) is 0 Å². The fourth-order valence-corrected chi connectivity index (χ4v) is 2.41. The quantitative estimate of drug-likeness (QED) is 0.627. The Morgan fingerprint density at radius 3 is 2.38 bits per heavy atom. The Morgan fingerprint density at radius 1 is 1.10 bits per heavy atom. The summed E-state index contributed by atoms with van der Waals surface area (Å²) in [5.74, 6) is 0.965. The fraction of sp³-hybridized carbons (Fsp3) is 0.667. The summed E-state index contributed by atoms with van der Waals surface area (Å²) < 4.78 is 5.64. The van der Waals surface area contributed by atoms with E-state index in [1.807, 2.05) is 7.05 Å². The van der Waals surface area contributed by atoms with Crippen molar-refractivity contribution in [2.75, 3.05) is 33.8 Å². The molecule has 3 heteroatoms. The first-order chi connectivity index (χ1) is 10.2. The second-order valence-corrected chi connectivity index (χ2v) is 5.73. The van der Waals surface area contributed by atoms with Gasteiger partial charge in [-0.1, -0.05) is 38.8 Å². The molecule has 0 aromatic heterocycles. The van der Waals surface area contributed by atoms with Crippen molar-refractivity contribution in [3.05, 3.63) is 29.8 Å². The van der Waals surface area contributed by atoms with Crippen LogP contribution in [-0.4, -0.2) is 38.7 Å². The Morgan fingerprint density at radius 2 is 1.81 bits per heavy atom. The number of rotatable bonds is 11. The lowest BCUT2D eigenvalue weighted by atomic mass is 10.1. The van der Waals surface area contributed by atoms with Crippen molar-refractivity contribution >= 4 is 0 Å². The molecule has 0 saturated carbocycles. The van der Waals surface area contributed by atoms with Crippen molar-refractivity contribution in [1.82, 2.24) is 10.2 Å². The molecule has 0 radical (unpaired) electrons. The number of hydrogen-bond acceptors (Lipinski definition) is 3. The molecule has 1 N–H and O–H groups in total. The van der Waals surface area contributed by atoms with Crippen molar-refractivity contribution in [2.45, 2.75) is 45.6 Å². The molecule has 1 aromatic carbocycles. The van der Waals surface area contributed by atoms with Gasteiger partial charge in [0.2, 0.25) is 0 Å². The molecule has 1 rings (SSSR count). The standard InChI is InChI=1S/C18H32N2O/c1-5-7-8-13-20(4)15-18(19-3)16-9-11-17(12-10-16)21-14-6-2/h9-12,18-19H,5-8,13-15H2,1-4H3. The molecule has 0 aliphatic rings. The number of nitrogens with one attached hydrogen (secondary N) is 1. The molecule has 0 spiro atoms. The third-order valence-electron chi connectivity index (χ3n) is 3.74. The molecule has 0 saturated heterocycles.